The molecule has 3 nitrogen and oxygen atoms in total. The van der Waals surface area contributed by atoms with Gasteiger partial charge in [0.05, 0.1) is 0 Å². The minimum Gasteiger partial charge on any atom is -0.372 e. The summed E-state index contributed by atoms with van der Waals surface area (Å²) in [6, 6.07) is 0. The number of unbranched alkanes of at least 4 members (excludes halogenated alkanes) is 30. The van der Waals surface area contributed by atoms with Gasteiger partial charge in [-0.2, -0.15) is 0 Å². The van der Waals surface area contributed by atoms with E-state index in [9.17, 15) is 4.79 Å². The molecule has 0 bridgehead atoms. The minimum absolute atomic E-state index is 0.198. The van der Waals surface area contributed by atoms with E-state index in [1.54, 1.807) is 0 Å². The van der Waals surface area contributed by atoms with E-state index in [0.717, 1.165) is 25.9 Å². The Balaban J connectivity index is 3.66. The Hall–Kier alpha value is -0.570. The molecule has 0 unspecified atom stereocenters. The van der Waals surface area contributed by atoms with Crippen molar-refractivity contribution in [3.8, 4) is 0 Å². The van der Waals surface area contributed by atoms with Crippen molar-refractivity contribution in [2.24, 2.45) is 0 Å². The van der Waals surface area contributed by atoms with E-state index in [-0.39, 0.29) is 12.5 Å². The van der Waals surface area contributed by atoms with Crippen LogP contribution in [-0.2, 0) is 9.53 Å². The van der Waals surface area contributed by atoms with Crippen LogP contribution >= 0.6 is 0 Å². The molecule has 0 fully saturated rings. The Morgan fingerprint density at radius 1 is 0.372 bits per heavy atom. The van der Waals surface area contributed by atoms with Crippen molar-refractivity contribution in [1.82, 2.24) is 4.90 Å². The van der Waals surface area contributed by atoms with Gasteiger partial charge in [0.2, 0.25) is 5.91 Å². The largest absolute Gasteiger partial charge is 0.372 e. The minimum atomic E-state index is 0.198. The van der Waals surface area contributed by atoms with Crippen molar-refractivity contribution < 1.29 is 9.53 Å². The Morgan fingerprint density at radius 2 is 0.605 bits per heavy atom. The van der Waals surface area contributed by atoms with Crippen LogP contribution in [0.4, 0.5) is 0 Å². The second-order valence-corrected chi connectivity index (χ2v) is 13.6. The number of nitrogens with zero attached hydrogens (tertiary/aromatic N) is 1. The summed E-state index contributed by atoms with van der Waals surface area (Å²) >= 11 is 0. The van der Waals surface area contributed by atoms with Gasteiger partial charge in [-0.1, -0.05) is 206 Å². The second-order valence-electron chi connectivity index (χ2n) is 13.6. The highest BCUT2D eigenvalue weighted by Crippen LogP contribution is 2.16. The van der Waals surface area contributed by atoms with Crippen LogP contribution in [0.2, 0.25) is 0 Å². The molecule has 258 valence electrons. The first-order chi connectivity index (χ1) is 21.3. The van der Waals surface area contributed by atoms with Crippen molar-refractivity contribution in [3.63, 3.8) is 0 Å². The summed E-state index contributed by atoms with van der Waals surface area (Å²) in [4.78, 5) is 14.8. The molecule has 0 rings (SSSR count). The van der Waals surface area contributed by atoms with Crippen molar-refractivity contribution in [3.05, 3.63) is 0 Å². The Morgan fingerprint density at radius 3 is 0.837 bits per heavy atom. The molecule has 1 amide bonds. The molecule has 0 aromatic rings. The molecule has 0 aromatic heterocycles. The van der Waals surface area contributed by atoms with E-state index in [4.69, 9.17) is 4.74 Å². The van der Waals surface area contributed by atoms with E-state index >= 15 is 0 Å². The molecular weight excluding hydrogens is 526 g/mol. The van der Waals surface area contributed by atoms with Crippen LogP contribution in [0.5, 0.6) is 0 Å². The average molecular weight is 608 g/mol. The lowest BCUT2D eigenvalue weighted by atomic mass is 10.0. The second kappa shape index (κ2) is 37.6. The van der Waals surface area contributed by atoms with Crippen LogP contribution in [-0.4, -0.2) is 37.1 Å². The Bertz CT molecular complexity index is 487. The zero-order valence-corrected chi connectivity index (χ0v) is 30.2. The average Bonchev–Trinajstić information content (AvgIpc) is 3.02. The van der Waals surface area contributed by atoms with Crippen LogP contribution in [0.3, 0.4) is 0 Å². The van der Waals surface area contributed by atoms with Crippen molar-refractivity contribution in [1.29, 1.82) is 0 Å². The monoisotopic (exact) mass is 608 g/mol. The molecule has 0 atom stereocenters. The van der Waals surface area contributed by atoms with Crippen LogP contribution in [0.25, 0.3) is 0 Å². The van der Waals surface area contributed by atoms with E-state index < -0.39 is 0 Å². The highest BCUT2D eigenvalue weighted by molar-refractivity contribution is 5.77. The number of carbonyl (C=O) groups is 1. The maximum absolute atomic E-state index is 12.7. The van der Waals surface area contributed by atoms with E-state index in [1.165, 1.54) is 193 Å². The maximum Gasteiger partial charge on any atom is 0.248 e. The summed E-state index contributed by atoms with van der Waals surface area (Å²) in [5, 5.41) is 0. The topological polar surface area (TPSA) is 29.5 Å². The van der Waals surface area contributed by atoms with E-state index in [1.807, 2.05) is 6.92 Å². The summed E-state index contributed by atoms with van der Waals surface area (Å²) in [7, 11) is 0. The highest BCUT2D eigenvalue weighted by Gasteiger charge is 2.12. The van der Waals surface area contributed by atoms with Crippen LogP contribution < -0.4 is 0 Å². The fourth-order valence-electron chi connectivity index (χ4n) is 6.34. The van der Waals surface area contributed by atoms with Gasteiger partial charge in [0.15, 0.2) is 0 Å². The van der Waals surface area contributed by atoms with Crippen LogP contribution in [0, 0.1) is 0 Å². The van der Waals surface area contributed by atoms with Gasteiger partial charge >= 0.3 is 0 Å². The standard InChI is InChI=1S/C40H81NO2/c1-4-7-9-11-13-15-17-19-21-23-25-27-29-31-33-35-37-41(40(42)39-43-6-3)38-36-34-32-30-28-26-24-22-20-18-16-14-12-10-8-5-2/h4-39H2,1-3H3. The van der Waals surface area contributed by atoms with Gasteiger partial charge in [0, 0.05) is 19.7 Å². The molecule has 0 aliphatic heterocycles. The normalized spacial score (nSPS) is 11.4. The molecule has 0 aliphatic rings. The summed E-state index contributed by atoms with van der Waals surface area (Å²) in [6.07, 6.45) is 44.4. The molecule has 0 N–H and O–H groups in total. The first-order valence-electron chi connectivity index (χ1n) is 20.1. The highest BCUT2D eigenvalue weighted by atomic mass is 16.5. The zero-order chi connectivity index (χ0) is 31.3. The fourth-order valence-corrected chi connectivity index (χ4v) is 6.34. The van der Waals surface area contributed by atoms with Gasteiger partial charge < -0.3 is 9.64 Å². The third-order valence-electron chi connectivity index (χ3n) is 9.35. The van der Waals surface area contributed by atoms with Crippen molar-refractivity contribution in [2.75, 3.05) is 26.3 Å². The van der Waals surface area contributed by atoms with Crippen LogP contribution in [0.15, 0.2) is 0 Å². The first-order valence-corrected chi connectivity index (χ1v) is 20.1. The van der Waals surface area contributed by atoms with Gasteiger partial charge in [-0.15, -0.1) is 0 Å². The molecule has 0 aliphatic carbocycles. The summed E-state index contributed by atoms with van der Waals surface area (Å²) in [6.45, 7) is 9.29. The van der Waals surface area contributed by atoms with E-state index in [0.29, 0.717) is 6.61 Å². The third kappa shape index (κ3) is 34.1. The zero-order valence-electron chi connectivity index (χ0n) is 30.2. The van der Waals surface area contributed by atoms with Crippen LogP contribution in [0.1, 0.15) is 226 Å². The summed E-state index contributed by atoms with van der Waals surface area (Å²) in [5.41, 5.74) is 0. The lowest BCUT2D eigenvalue weighted by Crippen LogP contribution is -2.35. The quantitative estimate of drug-likeness (QED) is 0.0657. The number of ether oxygens (including phenoxy) is 1. The van der Waals surface area contributed by atoms with Gasteiger partial charge in [0.1, 0.15) is 6.61 Å². The maximum atomic E-state index is 12.7. The Labute approximate surface area is 272 Å². The van der Waals surface area contributed by atoms with Gasteiger partial charge in [-0.25, -0.2) is 0 Å². The molecule has 0 heterocycles. The summed E-state index contributed by atoms with van der Waals surface area (Å²) in [5.74, 6) is 0.198. The van der Waals surface area contributed by atoms with Crippen molar-refractivity contribution >= 4 is 5.91 Å². The van der Waals surface area contributed by atoms with Gasteiger partial charge in [-0.3, -0.25) is 4.79 Å². The molecule has 0 saturated carbocycles. The summed E-state index contributed by atoms with van der Waals surface area (Å²) < 4.78 is 5.45. The molecular formula is C40H81NO2. The number of hydrogen-bond donors (Lipinski definition) is 0. The van der Waals surface area contributed by atoms with Crippen molar-refractivity contribution in [2.45, 2.75) is 226 Å². The molecule has 0 spiro atoms. The SMILES string of the molecule is CCCCCCCCCCCCCCCCCCN(CCCCCCCCCCCCCCCCCC)C(=O)COCC. The molecule has 3 heteroatoms. The molecule has 43 heavy (non-hydrogen) atoms. The number of hydrogen-bond acceptors (Lipinski definition) is 2. The molecule has 0 saturated heterocycles. The predicted octanol–water partition coefficient (Wildman–Crippen LogP) is 13.4. The third-order valence-corrected chi connectivity index (χ3v) is 9.35. The number of carbonyl (C=O) groups excluding carboxylic acids is 1. The number of amides is 1. The van der Waals surface area contributed by atoms with E-state index in [2.05, 4.69) is 18.7 Å². The first kappa shape index (κ1) is 42.4. The fraction of sp³-hybridized carbons (Fsp3) is 0.975. The predicted molar refractivity (Wildman–Crippen MR) is 192 cm³/mol. The van der Waals surface area contributed by atoms with Gasteiger partial charge in [-0.05, 0) is 19.8 Å². The molecule has 0 aromatic carbocycles. The lowest BCUT2D eigenvalue weighted by Gasteiger charge is -2.23. The number of rotatable bonds is 37. The molecule has 0 radical (unpaired) electrons. The van der Waals surface area contributed by atoms with Gasteiger partial charge in [0.25, 0.3) is 0 Å². The smallest absolute Gasteiger partial charge is 0.248 e. The lowest BCUT2D eigenvalue weighted by molar-refractivity contribution is -0.136. The Kier molecular flexibility index (Phi) is 37.1.